The SMILES string of the molecule is C=C1C(=CC(=C)N(C2=CCCC=C2)c2ccccn2)Oc2ccc3c4c(ccc1c24)OC(=CC(=C)N(c1ccccc1)c1ccc2c(c1)C(C)(C)c1ccccc1-2)C3=C. The number of para-hydroxylation sites is 1. The standard InChI is InChI=1S/C54H43N3O2/c1-34(56(38-17-9-7-10-18-38)40-24-25-44-43-21-13-14-22-45(43)54(5,6)46(44)33-40)31-49-36(3)41-26-29-48-53-42(27-28-47(58-49)52(41)53)37(4)50(59-48)32-35(2)57(39-19-11-8-12-20-39)51-23-15-16-30-55-51/h7,9-11,13-33H,1-4,8,12H2,5-6H3. The average Bonchev–Trinajstić information content (AvgIpc) is 3.49. The van der Waals surface area contributed by atoms with E-state index in [0.717, 1.165) is 91.7 Å². The van der Waals surface area contributed by atoms with Crippen LogP contribution in [0.2, 0.25) is 0 Å². The number of pyridine rings is 1. The second kappa shape index (κ2) is 13.9. The van der Waals surface area contributed by atoms with E-state index < -0.39 is 0 Å². The molecule has 59 heavy (non-hydrogen) atoms. The lowest BCUT2D eigenvalue weighted by Crippen LogP contribution is -2.22. The molecule has 0 bridgehead atoms. The highest BCUT2D eigenvalue weighted by Gasteiger charge is 2.36. The summed E-state index contributed by atoms with van der Waals surface area (Å²) in [5, 5.41) is 1.89. The van der Waals surface area contributed by atoms with Crippen molar-refractivity contribution in [2.45, 2.75) is 32.1 Å². The molecule has 2 aliphatic carbocycles. The van der Waals surface area contributed by atoms with Gasteiger partial charge in [-0.25, -0.2) is 4.98 Å². The Balaban J connectivity index is 0.982. The van der Waals surface area contributed by atoms with Crippen molar-refractivity contribution in [1.82, 2.24) is 4.98 Å². The molecule has 0 atom stereocenters. The van der Waals surface area contributed by atoms with Gasteiger partial charge in [-0.2, -0.15) is 0 Å². The van der Waals surface area contributed by atoms with Gasteiger partial charge in [0.05, 0.1) is 0 Å². The Kier molecular flexibility index (Phi) is 8.50. The minimum atomic E-state index is -0.141. The largest absolute Gasteiger partial charge is 0.456 e. The van der Waals surface area contributed by atoms with Crippen LogP contribution < -0.4 is 19.3 Å². The van der Waals surface area contributed by atoms with E-state index in [1.54, 1.807) is 6.20 Å². The maximum Gasteiger partial charge on any atom is 0.137 e. The van der Waals surface area contributed by atoms with Gasteiger partial charge in [0.2, 0.25) is 0 Å². The van der Waals surface area contributed by atoms with Crippen LogP contribution in [0.5, 0.6) is 11.5 Å². The third-order valence-corrected chi connectivity index (χ3v) is 11.9. The third kappa shape index (κ3) is 5.89. The van der Waals surface area contributed by atoms with Gasteiger partial charge in [0.15, 0.2) is 0 Å². The zero-order chi connectivity index (χ0) is 40.4. The van der Waals surface area contributed by atoms with E-state index in [4.69, 9.17) is 9.47 Å². The number of hydrogen-bond acceptors (Lipinski definition) is 5. The minimum Gasteiger partial charge on any atom is -0.456 e. The lowest BCUT2D eigenvalue weighted by Gasteiger charge is -2.31. The predicted molar refractivity (Wildman–Crippen MR) is 243 cm³/mol. The first kappa shape index (κ1) is 36.0. The third-order valence-electron chi connectivity index (χ3n) is 11.9. The molecule has 6 aromatic rings. The maximum atomic E-state index is 6.74. The Morgan fingerprint density at radius 1 is 0.627 bits per heavy atom. The zero-order valence-corrected chi connectivity index (χ0v) is 33.3. The van der Waals surface area contributed by atoms with Crippen LogP contribution >= 0.6 is 0 Å². The van der Waals surface area contributed by atoms with Crippen molar-refractivity contribution >= 4 is 39.1 Å². The molecule has 0 saturated carbocycles. The van der Waals surface area contributed by atoms with Crippen molar-refractivity contribution in [2.75, 3.05) is 9.80 Å². The Hall–Kier alpha value is -7.37. The molecule has 3 heterocycles. The second-order valence-corrected chi connectivity index (χ2v) is 15.8. The quantitative estimate of drug-likeness (QED) is 0.154. The Morgan fingerprint density at radius 3 is 1.88 bits per heavy atom. The van der Waals surface area contributed by atoms with E-state index in [9.17, 15) is 0 Å². The molecule has 0 amide bonds. The Bertz CT molecular complexity index is 2930. The second-order valence-electron chi connectivity index (χ2n) is 15.8. The first-order valence-corrected chi connectivity index (χ1v) is 20.0. The molecule has 0 unspecified atom stereocenters. The predicted octanol–water partition coefficient (Wildman–Crippen LogP) is 13.7. The zero-order valence-electron chi connectivity index (χ0n) is 33.3. The highest BCUT2D eigenvalue weighted by molar-refractivity contribution is 6.11. The number of nitrogens with zero attached hydrogens (tertiary/aromatic N) is 3. The van der Waals surface area contributed by atoms with Crippen molar-refractivity contribution in [1.29, 1.82) is 0 Å². The van der Waals surface area contributed by atoms with Gasteiger partial charge in [0.1, 0.15) is 28.8 Å². The summed E-state index contributed by atoms with van der Waals surface area (Å²) in [5.74, 6) is 3.48. The average molecular weight is 766 g/mol. The van der Waals surface area contributed by atoms with Crippen molar-refractivity contribution in [3.63, 3.8) is 0 Å². The first-order valence-electron chi connectivity index (χ1n) is 20.0. The minimum absolute atomic E-state index is 0.141. The van der Waals surface area contributed by atoms with E-state index in [2.05, 4.69) is 152 Å². The van der Waals surface area contributed by atoms with Crippen LogP contribution in [0.25, 0.3) is 33.0 Å². The lowest BCUT2D eigenvalue weighted by molar-refractivity contribution is 0.442. The lowest BCUT2D eigenvalue weighted by atomic mass is 9.82. The number of hydrogen-bond donors (Lipinski definition) is 0. The summed E-state index contributed by atoms with van der Waals surface area (Å²) < 4.78 is 13.4. The number of anilines is 3. The van der Waals surface area contributed by atoms with Crippen LogP contribution in [0.3, 0.4) is 0 Å². The van der Waals surface area contributed by atoms with Crippen LogP contribution in [0.1, 0.15) is 48.9 Å². The summed E-state index contributed by atoms with van der Waals surface area (Å²) in [6.45, 7) is 22.8. The van der Waals surface area contributed by atoms with Crippen LogP contribution in [0.4, 0.5) is 17.2 Å². The molecule has 5 nitrogen and oxygen atoms in total. The van der Waals surface area contributed by atoms with Gasteiger partial charge in [0.25, 0.3) is 0 Å². The van der Waals surface area contributed by atoms with Crippen molar-refractivity contribution < 1.29 is 9.47 Å². The normalized spacial score (nSPS) is 16.9. The highest BCUT2D eigenvalue weighted by Crippen LogP contribution is 2.52. The Morgan fingerprint density at radius 2 is 1.24 bits per heavy atom. The molecule has 0 radical (unpaired) electrons. The van der Waals surface area contributed by atoms with E-state index in [-0.39, 0.29) is 5.41 Å². The van der Waals surface area contributed by atoms with Gasteiger partial charge in [-0.3, -0.25) is 4.90 Å². The summed E-state index contributed by atoms with van der Waals surface area (Å²) in [4.78, 5) is 8.89. The molecule has 10 rings (SSSR count). The van der Waals surface area contributed by atoms with E-state index >= 15 is 0 Å². The number of benzene rings is 5. The molecule has 4 aliphatic rings. The summed E-state index contributed by atoms with van der Waals surface area (Å²) in [6.07, 6.45) is 14.2. The van der Waals surface area contributed by atoms with Crippen LogP contribution in [0.15, 0.2) is 207 Å². The van der Waals surface area contributed by atoms with Gasteiger partial charge < -0.3 is 14.4 Å². The number of ether oxygens (including phenoxy) is 2. The summed E-state index contributed by atoms with van der Waals surface area (Å²) in [7, 11) is 0. The molecule has 5 heteroatoms. The number of fused-ring (bicyclic) bond motifs is 3. The molecule has 5 aromatic carbocycles. The number of aromatic nitrogens is 1. The van der Waals surface area contributed by atoms with Gasteiger partial charge in [-0.1, -0.05) is 107 Å². The van der Waals surface area contributed by atoms with Gasteiger partial charge >= 0.3 is 0 Å². The van der Waals surface area contributed by atoms with Crippen molar-refractivity contribution in [3.05, 3.63) is 229 Å². The molecule has 1 aromatic heterocycles. The van der Waals surface area contributed by atoms with Crippen LogP contribution in [0, 0.1) is 0 Å². The van der Waals surface area contributed by atoms with Crippen molar-refractivity contribution in [2.24, 2.45) is 0 Å². The van der Waals surface area contributed by atoms with Gasteiger partial charge in [0, 0.05) is 74.1 Å². The van der Waals surface area contributed by atoms with E-state index in [1.165, 1.54) is 22.3 Å². The fourth-order valence-electron chi connectivity index (χ4n) is 8.98. The fourth-order valence-corrected chi connectivity index (χ4v) is 8.98. The topological polar surface area (TPSA) is 37.8 Å². The number of rotatable bonds is 8. The molecule has 2 aliphatic heterocycles. The highest BCUT2D eigenvalue weighted by atomic mass is 16.5. The van der Waals surface area contributed by atoms with E-state index in [0.29, 0.717) is 11.5 Å². The van der Waals surface area contributed by atoms with E-state index in [1.807, 2.05) is 48.6 Å². The van der Waals surface area contributed by atoms with Crippen molar-refractivity contribution in [3.8, 4) is 22.6 Å². The smallest absolute Gasteiger partial charge is 0.137 e. The summed E-state index contributed by atoms with van der Waals surface area (Å²) in [6, 6.07) is 39.9. The van der Waals surface area contributed by atoms with Gasteiger partial charge in [-0.05, 0) is 113 Å². The van der Waals surface area contributed by atoms with Gasteiger partial charge in [-0.15, -0.1) is 0 Å². The van der Waals surface area contributed by atoms with Crippen LogP contribution in [-0.2, 0) is 5.41 Å². The summed E-state index contributed by atoms with van der Waals surface area (Å²) >= 11 is 0. The molecular weight excluding hydrogens is 723 g/mol. The monoisotopic (exact) mass is 765 g/mol. The molecule has 0 spiro atoms. The molecule has 286 valence electrons. The molecular formula is C54H43N3O2. The molecule has 0 fully saturated rings. The molecule has 0 saturated heterocycles. The Labute approximate surface area is 345 Å². The fraction of sp³-hybridized carbons (Fsp3) is 0.0926. The van der Waals surface area contributed by atoms with Crippen LogP contribution in [-0.4, -0.2) is 4.98 Å². The summed E-state index contributed by atoms with van der Waals surface area (Å²) in [5.41, 5.74) is 13.0. The maximum absolute atomic E-state index is 6.74. The number of allylic oxidation sites excluding steroid dienone is 7. The molecule has 0 N–H and O–H groups in total. The first-order chi connectivity index (χ1) is 28.7.